The van der Waals surface area contributed by atoms with Gasteiger partial charge in [0.25, 0.3) is 5.91 Å². The second-order valence-corrected chi connectivity index (χ2v) is 5.26. The molecule has 0 radical (unpaired) electrons. The summed E-state index contributed by atoms with van der Waals surface area (Å²) in [6, 6.07) is 0. The number of hydrogen-bond acceptors (Lipinski definition) is 5. The molecule has 0 saturated heterocycles. The Morgan fingerprint density at radius 3 is 2.43 bits per heavy atom. The van der Waals surface area contributed by atoms with Crippen molar-refractivity contribution in [3.8, 4) is 0 Å². The molecule has 0 atom stereocenters. The number of anilines is 1. The van der Waals surface area contributed by atoms with E-state index in [0.717, 1.165) is 11.3 Å². The zero-order chi connectivity index (χ0) is 15.8. The fourth-order valence-electron chi connectivity index (χ4n) is 1.72. The zero-order valence-electron chi connectivity index (χ0n) is 11.5. The summed E-state index contributed by atoms with van der Waals surface area (Å²) in [5.41, 5.74) is 0.790. The molecule has 1 amide bonds. The SMILES string of the molecule is Cc1csc(N(CC(F)(F)F)C(=O)c2oc(C)nc2C)n1. The van der Waals surface area contributed by atoms with Crippen LogP contribution in [0, 0.1) is 20.8 Å². The van der Waals surface area contributed by atoms with Crippen LogP contribution in [0.25, 0.3) is 0 Å². The molecule has 5 nitrogen and oxygen atoms in total. The maximum absolute atomic E-state index is 12.7. The lowest BCUT2D eigenvalue weighted by Gasteiger charge is -2.20. The first-order valence-corrected chi connectivity index (χ1v) is 6.80. The van der Waals surface area contributed by atoms with Crippen molar-refractivity contribution in [3.63, 3.8) is 0 Å². The number of hydrogen-bond donors (Lipinski definition) is 0. The normalized spacial score (nSPS) is 11.7. The molecule has 0 bridgehead atoms. The maximum Gasteiger partial charge on any atom is 0.406 e. The molecule has 0 aliphatic carbocycles. The molecule has 0 unspecified atom stereocenters. The monoisotopic (exact) mass is 319 g/mol. The van der Waals surface area contributed by atoms with Crippen LogP contribution in [0.3, 0.4) is 0 Å². The standard InChI is InChI=1S/C12H12F3N3O2S/c1-6-4-21-11(16-6)18(5-12(13,14)15)10(19)9-7(2)17-8(3)20-9/h4H,5H2,1-3H3. The number of carbonyl (C=O) groups excluding carboxylic acids is 1. The topological polar surface area (TPSA) is 59.2 Å². The van der Waals surface area contributed by atoms with Gasteiger partial charge in [-0.3, -0.25) is 9.69 Å². The minimum Gasteiger partial charge on any atom is -0.436 e. The highest BCUT2D eigenvalue weighted by Gasteiger charge is 2.37. The summed E-state index contributed by atoms with van der Waals surface area (Å²) in [4.78, 5) is 20.7. The van der Waals surface area contributed by atoms with Gasteiger partial charge < -0.3 is 4.42 Å². The average molecular weight is 319 g/mol. The largest absolute Gasteiger partial charge is 0.436 e. The van der Waals surface area contributed by atoms with Crippen LogP contribution in [0.5, 0.6) is 0 Å². The van der Waals surface area contributed by atoms with Crippen molar-refractivity contribution in [2.45, 2.75) is 26.9 Å². The summed E-state index contributed by atoms with van der Waals surface area (Å²) in [7, 11) is 0. The molecule has 0 aliphatic rings. The Morgan fingerprint density at radius 2 is 2.00 bits per heavy atom. The molecule has 2 aromatic rings. The molecule has 0 N–H and O–H groups in total. The van der Waals surface area contributed by atoms with Crippen LogP contribution in [-0.4, -0.2) is 28.6 Å². The van der Waals surface area contributed by atoms with Crippen molar-refractivity contribution in [2.24, 2.45) is 0 Å². The van der Waals surface area contributed by atoms with Gasteiger partial charge in [-0.1, -0.05) is 0 Å². The van der Waals surface area contributed by atoms with Crippen LogP contribution < -0.4 is 4.90 Å². The molecule has 21 heavy (non-hydrogen) atoms. The molecule has 0 aliphatic heterocycles. The van der Waals surface area contributed by atoms with Crippen LogP contribution in [-0.2, 0) is 0 Å². The number of oxazole rings is 1. The number of aryl methyl sites for hydroxylation is 3. The van der Waals surface area contributed by atoms with Crippen molar-refractivity contribution in [2.75, 3.05) is 11.4 Å². The third-order valence-electron chi connectivity index (χ3n) is 2.52. The lowest BCUT2D eigenvalue weighted by atomic mass is 10.3. The first kappa shape index (κ1) is 15.5. The van der Waals surface area contributed by atoms with E-state index < -0.39 is 18.6 Å². The Balaban J connectivity index is 2.39. The maximum atomic E-state index is 12.7. The highest BCUT2D eigenvalue weighted by Crippen LogP contribution is 2.27. The van der Waals surface area contributed by atoms with Crippen LogP contribution in [0.2, 0.25) is 0 Å². The molecule has 9 heteroatoms. The van der Waals surface area contributed by atoms with Crippen LogP contribution in [0.1, 0.15) is 27.8 Å². The average Bonchev–Trinajstić information content (AvgIpc) is 2.90. The van der Waals surface area contributed by atoms with Gasteiger partial charge >= 0.3 is 6.18 Å². The van der Waals surface area contributed by atoms with Gasteiger partial charge in [0.2, 0.25) is 5.76 Å². The van der Waals surface area contributed by atoms with E-state index in [1.807, 2.05) is 0 Å². The van der Waals surface area contributed by atoms with Crippen molar-refractivity contribution < 1.29 is 22.4 Å². The number of aromatic nitrogens is 2. The van der Waals surface area contributed by atoms with Crippen molar-refractivity contribution >= 4 is 22.4 Å². The van der Waals surface area contributed by atoms with Gasteiger partial charge in [-0.05, 0) is 13.8 Å². The van der Waals surface area contributed by atoms with E-state index in [-0.39, 0.29) is 22.5 Å². The fraction of sp³-hybridized carbons (Fsp3) is 0.417. The van der Waals surface area contributed by atoms with Crippen molar-refractivity contribution in [1.29, 1.82) is 0 Å². The fourth-order valence-corrected chi connectivity index (χ4v) is 2.52. The molecular formula is C12H12F3N3O2S. The van der Waals surface area contributed by atoms with E-state index in [4.69, 9.17) is 4.42 Å². The highest BCUT2D eigenvalue weighted by atomic mass is 32.1. The summed E-state index contributed by atoms with van der Waals surface area (Å²) < 4.78 is 43.3. The third kappa shape index (κ3) is 3.60. The van der Waals surface area contributed by atoms with E-state index in [2.05, 4.69) is 9.97 Å². The first-order chi connectivity index (χ1) is 9.67. The Kier molecular flexibility index (Phi) is 4.04. The number of alkyl halides is 3. The third-order valence-corrected chi connectivity index (χ3v) is 3.50. The van der Waals surface area contributed by atoms with Crippen molar-refractivity contribution in [3.05, 3.63) is 28.4 Å². The van der Waals surface area contributed by atoms with Gasteiger partial charge in [0.1, 0.15) is 6.54 Å². The van der Waals surface area contributed by atoms with Crippen molar-refractivity contribution in [1.82, 2.24) is 9.97 Å². The zero-order valence-corrected chi connectivity index (χ0v) is 12.3. The van der Waals surface area contributed by atoms with Gasteiger partial charge in [-0.2, -0.15) is 13.2 Å². The summed E-state index contributed by atoms with van der Waals surface area (Å²) in [5.74, 6) is -0.887. The number of rotatable bonds is 3. The van der Waals surface area contributed by atoms with Gasteiger partial charge in [0, 0.05) is 12.3 Å². The molecule has 0 spiro atoms. The van der Waals surface area contributed by atoms with E-state index in [1.54, 1.807) is 12.3 Å². The van der Waals surface area contributed by atoms with E-state index >= 15 is 0 Å². The first-order valence-electron chi connectivity index (χ1n) is 5.92. The van der Waals surface area contributed by atoms with Gasteiger partial charge in [-0.15, -0.1) is 11.3 Å². The second kappa shape index (κ2) is 5.47. The highest BCUT2D eigenvalue weighted by molar-refractivity contribution is 7.14. The lowest BCUT2D eigenvalue weighted by molar-refractivity contribution is -0.118. The Labute approximate surface area is 122 Å². The lowest BCUT2D eigenvalue weighted by Crippen LogP contribution is -2.39. The van der Waals surface area contributed by atoms with Gasteiger partial charge in [0.05, 0.1) is 11.4 Å². The molecule has 2 rings (SSSR count). The molecule has 114 valence electrons. The second-order valence-electron chi connectivity index (χ2n) is 4.43. The Hall–Kier alpha value is -1.90. The molecule has 0 aromatic carbocycles. The molecule has 0 saturated carbocycles. The molecule has 2 heterocycles. The quantitative estimate of drug-likeness (QED) is 0.871. The summed E-state index contributed by atoms with van der Waals surface area (Å²) in [6.07, 6.45) is -4.54. The van der Waals surface area contributed by atoms with E-state index in [9.17, 15) is 18.0 Å². The predicted octanol–water partition coefficient (Wildman–Crippen LogP) is 3.27. The van der Waals surface area contributed by atoms with E-state index in [1.165, 1.54) is 13.8 Å². The summed E-state index contributed by atoms with van der Waals surface area (Å²) in [6.45, 7) is 3.23. The molecule has 0 fully saturated rings. The summed E-state index contributed by atoms with van der Waals surface area (Å²) >= 11 is 0.966. The minimum atomic E-state index is -4.54. The molecular weight excluding hydrogens is 307 g/mol. The smallest absolute Gasteiger partial charge is 0.406 e. The van der Waals surface area contributed by atoms with Gasteiger partial charge in [-0.25, -0.2) is 9.97 Å². The number of carbonyl (C=O) groups is 1. The van der Waals surface area contributed by atoms with Gasteiger partial charge in [0.15, 0.2) is 11.0 Å². The molecule has 2 aromatic heterocycles. The number of amides is 1. The predicted molar refractivity (Wildman–Crippen MR) is 70.6 cm³/mol. The van der Waals surface area contributed by atoms with Crippen LogP contribution in [0.4, 0.5) is 18.3 Å². The summed E-state index contributed by atoms with van der Waals surface area (Å²) in [5, 5.41) is 1.55. The number of halogens is 3. The van der Waals surface area contributed by atoms with Crippen LogP contribution in [0.15, 0.2) is 9.80 Å². The van der Waals surface area contributed by atoms with Crippen LogP contribution >= 0.6 is 11.3 Å². The minimum absolute atomic E-state index is 0.0247. The number of nitrogens with zero attached hydrogens (tertiary/aromatic N) is 3. The Morgan fingerprint density at radius 1 is 1.33 bits per heavy atom. The Bertz CT molecular complexity index is 663. The van der Waals surface area contributed by atoms with E-state index in [0.29, 0.717) is 10.6 Å². The number of thiazole rings is 1.